The second-order valence-corrected chi connectivity index (χ2v) is 5.86. The van der Waals surface area contributed by atoms with E-state index in [0.717, 1.165) is 25.1 Å². The Hall–Kier alpha value is -1.35. The van der Waals surface area contributed by atoms with Crippen molar-refractivity contribution in [3.05, 3.63) is 35.4 Å². The maximum absolute atomic E-state index is 12.3. The van der Waals surface area contributed by atoms with Crippen LogP contribution in [0.1, 0.15) is 36.9 Å². The van der Waals surface area contributed by atoms with E-state index in [1.807, 2.05) is 12.1 Å². The number of benzene rings is 1. The number of hydrogen-bond acceptors (Lipinski definition) is 2. The Morgan fingerprint density at radius 1 is 1.44 bits per heavy atom. The van der Waals surface area contributed by atoms with Crippen molar-refractivity contribution in [2.75, 3.05) is 13.1 Å². The van der Waals surface area contributed by atoms with Crippen LogP contribution in [0.15, 0.2) is 24.3 Å². The van der Waals surface area contributed by atoms with Gasteiger partial charge in [0.25, 0.3) is 0 Å². The molecule has 1 unspecified atom stereocenters. The zero-order valence-electron chi connectivity index (χ0n) is 10.8. The van der Waals surface area contributed by atoms with E-state index < -0.39 is 0 Å². The number of carbonyl (C=O) groups is 1. The van der Waals surface area contributed by atoms with Gasteiger partial charge in [-0.2, -0.15) is 0 Å². The molecule has 3 nitrogen and oxygen atoms in total. The van der Waals surface area contributed by atoms with Crippen LogP contribution >= 0.6 is 0 Å². The lowest BCUT2D eigenvalue weighted by molar-refractivity contribution is -0.123. The minimum Gasteiger partial charge on any atom is -0.354 e. The van der Waals surface area contributed by atoms with Crippen LogP contribution in [0.2, 0.25) is 0 Å². The average molecular weight is 244 g/mol. The largest absolute Gasteiger partial charge is 0.354 e. The van der Waals surface area contributed by atoms with Gasteiger partial charge in [0.2, 0.25) is 5.91 Å². The molecule has 1 aliphatic heterocycles. The van der Waals surface area contributed by atoms with Gasteiger partial charge in [-0.1, -0.05) is 31.2 Å². The first-order valence-electron chi connectivity index (χ1n) is 6.77. The SMILES string of the molecule is CC1(CNC(=O)C2NCCc3ccccc32)CC1. The summed E-state index contributed by atoms with van der Waals surface area (Å²) in [6, 6.07) is 8.07. The fourth-order valence-corrected chi connectivity index (χ4v) is 2.53. The van der Waals surface area contributed by atoms with Crippen LogP contribution in [0.4, 0.5) is 0 Å². The summed E-state index contributed by atoms with van der Waals surface area (Å²) in [4.78, 5) is 12.3. The number of amides is 1. The van der Waals surface area contributed by atoms with Gasteiger partial charge in [-0.05, 0) is 35.8 Å². The van der Waals surface area contributed by atoms with E-state index in [0.29, 0.717) is 5.41 Å². The molecular weight excluding hydrogens is 224 g/mol. The van der Waals surface area contributed by atoms with Crippen molar-refractivity contribution in [3.63, 3.8) is 0 Å². The van der Waals surface area contributed by atoms with Gasteiger partial charge in [0.05, 0.1) is 0 Å². The topological polar surface area (TPSA) is 41.1 Å². The summed E-state index contributed by atoms with van der Waals surface area (Å²) in [5.74, 6) is 0.121. The molecule has 2 aliphatic rings. The molecule has 1 atom stereocenters. The number of nitrogens with one attached hydrogen (secondary N) is 2. The van der Waals surface area contributed by atoms with Gasteiger partial charge < -0.3 is 10.6 Å². The summed E-state index contributed by atoms with van der Waals surface area (Å²) in [5.41, 5.74) is 2.81. The Morgan fingerprint density at radius 2 is 2.22 bits per heavy atom. The third-order valence-electron chi connectivity index (χ3n) is 4.16. The van der Waals surface area contributed by atoms with Crippen LogP contribution in [-0.4, -0.2) is 19.0 Å². The molecule has 0 spiro atoms. The Balaban J connectivity index is 1.70. The molecule has 1 fully saturated rings. The zero-order valence-corrected chi connectivity index (χ0v) is 10.8. The molecule has 0 bridgehead atoms. The number of fused-ring (bicyclic) bond motifs is 1. The molecule has 18 heavy (non-hydrogen) atoms. The van der Waals surface area contributed by atoms with Gasteiger partial charge >= 0.3 is 0 Å². The fraction of sp³-hybridized carbons (Fsp3) is 0.533. The quantitative estimate of drug-likeness (QED) is 0.851. The van der Waals surface area contributed by atoms with Crippen LogP contribution < -0.4 is 10.6 Å². The lowest BCUT2D eigenvalue weighted by Gasteiger charge is -2.26. The van der Waals surface area contributed by atoms with Crippen LogP contribution in [0.5, 0.6) is 0 Å². The third-order valence-corrected chi connectivity index (χ3v) is 4.16. The molecule has 1 amide bonds. The maximum atomic E-state index is 12.3. The van der Waals surface area contributed by atoms with Crippen LogP contribution in [0, 0.1) is 5.41 Å². The van der Waals surface area contributed by atoms with Gasteiger partial charge in [-0.25, -0.2) is 0 Å². The zero-order chi connectivity index (χ0) is 12.6. The Kier molecular flexibility index (Phi) is 2.86. The second kappa shape index (κ2) is 4.39. The minimum absolute atomic E-state index is 0.121. The standard InChI is InChI=1S/C15H20N2O/c1-15(7-8-15)10-17-14(18)13-12-5-3-2-4-11(12)6-9-16-13/h2-5,13,16H,6-10H2,1H3,(H,17,18). The van der Waals surface area contributed by atoms with Crippen molar-refractivity contribution in [2.24, 2.45) is 5.41 Å². The van der Waals surface area contributed by atoms with Gasteiger partial charge in [0, 0.05) is 13.1 Å². The summed E-state index contributed by atoms with van der Waals surface area (Å²) in [7, 11) is 0. The molecular formula is C15H20N2O. The first kappa shape index (κ1) is 11.7. The summed E-state index contributed by atoms with van der Waals surface area (Å²) < 4.78 is 0. The van der Waals surface area contributed by atoms with E-state index in [4.69, 9.17) is 0 Å². The van der Waals surface area contributed by atoms with Crippen LogP contribution in [0.3, 0.4) is 0 Å². The molecule has 2 N–H and O–H groups in total. The number of rotatable bonds is 3. The molecule has 1 saturated carbocycles. The van der Waals surface area contributed by atoms with Crippen molar-refractivity contribution in [1.82, 2.24) is 10.6 Å². The van der Waals surface area contributed by atoms with Crippen LogP contribution in [-0.2, 0) is 11.2 Å². The molecule has 0 saturated heterocycles. The van der Waals surface area contributed by atoms with Crippen molar-refractivity contribution < 1.29 is 4.79 Å². The van der Waals surface area contributed by atoms with Crippen LogP contribution in [0.25, 0.3) is 0 Å². The van der Waals surface area contributed by atoms with Gasteiger partial charge in [-0.3, -0.25) is 4.79 Å². The summed E-state index contributed by atoms with van der Waals surface area (Å²) in [6.45, 7) is 3.92. The highest BCUT2D eigenvalue weighted by molar-refractivity contribution is 5.84. The smallest absolute Gasteiger partial charge is 0.241 e. The van der Waals surface area contributed by atoms with Crippen molar-refractivity contribution >= 4 is 5.91 Å². The fourth-order valence-electron chi connectivity index (χ4n) is 2.53. The molecule has 1 heterocycles. The van der Waals surface area contributed by atoms with Gasteiger partial charge in [0.1, 0.15) is 6.04 Å². The molecule has 3 rings (SSSR count). The Morgan fingerprint density at radius 3 is 3.00 bits per heavy atom. The highest BCUT2D eigenvalue weighted by Gasteiger charge is 2.38. The van der Waals surface area contributed by atoms with E-state index in [-0.39, 0.29) is 11.9 Å². The first-order valence-corrected chi connectivity index (χ1v) is 6.77. The van der Waals surface area contributed by atoms with E-state index >= 15 is 0 Å². The average Bonchev–Trinajstić information content (AvgIpc) is 3.14. The van der Waals surface area contributed by atoms with E-state index in [2.05, 4.69) is 29.7 Å². The summed E-state index contributed by atoms with van der Waals surface area (Å²) >= 11 is 0. The molecule has 1 aromatic carbocycles. The highest BCUT2D eigenvalue weighted by Crippen LogP contribution is 2.44. The number of hydrogen-bond donors (Lipinski definition) is 2. The summed E-state index contributed by atoms with van der Waals surface area (Å²) in [5, 5.41) is 6.41. The Labute approximate surface area is 108 Å². The predicted molar refractivity (Wildman–Crippen MR) is 71.2 cm³/mol. The highest BCUT2D eigenvalue weighted by atomic mass is 16.2. The maximum Gasteiger partial charge on any atom is 0.241 e. The lowest BCUT2D eigenvalue weighted by atomic mass is 9.94. The molecule has 1 aliphatic carbocycles. The first-order chi connectivity index (χ1) is 8.68. The minimum atomic E-state index is -0.169. The van der Waals surface area contributed by atoms with Gasteiger partial charge in [0.15, 0.2) is 0 Å². The lowest BCUT2D eigenvalue weighted by Crippen LogP contribution is -2.42. The predicted octanol–water partition coefficient (Wildman–Crippen LogP) is 1.79. The van der Waals surface area contributed by atoms with Crippen molar-refractivity contribution in [3.8, 4) is 0 Å². The van der Waals surface area contributed by atoms with E-state index in [9.17, 15) is 4.79 Å². The van der Waals surface area contributed by atoms with E-state index in [1.165, 1.54) is 18.4 Å². The van der Waals surface area contributed by atoms with Crippen molar-refractivity contribution in [1.29, 1.82) is 0 Å². The van der Waals surface area contributed by atoms with Crippen molar-refractivity contribution in [2.45, 2.75) is 32.2 Å². The summed E-state index contributed by atoms with van der Waals surface area (Å²) in [6.07, 6.45) is 3.49. The van der Waals surface area contributed by atoms with E-state index in [1.54, 1.807) is 0 Å². The molecule has 96 valence electrons. The molecule has 0 radical (unpaired) electrons. The van der Waals surface area contributed by atoms with Gasteiger partial charge in [-0.15, -0.1) is 0 Å². The Bertz CT molecular complexity index is 465. The molecule has 1 aromatic rings. The monoisotopic (exact) mass is 244 g/mol. The molecule has 3 heteroatoms. The third kappa shape index (κ3) is 2.27. The molecule has 0 aromatic heterocycles. The normalized spacial score (nSPS) is 24.2. The second-order valence-electron chi connectivity index (χ2n) is 5.86. The number of carbonyl (C=O) groups excluding carboxylic acids is 1.